The summed E-state index contributed by atoms with van der Waals surface area (Å²) in [6.45, 7) is -0.815. The molecule has 3 aromatic carbocycles. The minimum Gasteiger partial charge on any atom is -0.394 e. The Kier molecular flexibility index (Phi) is 11.8. The molecule has 0 spiro atoms. The number of hydrogen-bond acceptors (Lipinski definition) is 9. The highest BCUT2D eigenvalue weighted by atomic mass is 16.3. The van der Waals surface area contributed by atoms with Crippen molar-refractivity contribution in [1.82, 2.24) is 25.9 Å². The van der Waals surface area contributed by atoms with Gasteiger partial charge in [-0.1, -0.05) is 54.6 Å². The van der Waals surface area contributed by atoms with E-state index in [4.69, 9.17) is 0 Å². The molecule has 4 aromatic rings. The van der Waals surface area contributed by atoms with E-state index in [1.165, 1.54) is 12.4 Å². The molecule has 0 saturated heterocycles. The van der Waals surface area contributed by atoms with Gasteiger partial charge in [-0.3, -0.25) is 24.4 Å². The Labute approximate surface area is 259 Å². The van der Waals surface area contributed by atoms with E-state index in [1.807, 2.05) is 0 Å². The summed E-state index contributed by atoms with van der Waals surface area (Å²) in [6.07, 6.45) is -1.72. The van der Waals surface area contributed by atoms with E-state index in [2.05, 4.69) is 25.9 Å². The van der Waals surface area contributed by atoms with Gasteiger partial charge in [-0.15, -0.1) is 0 Å². The molecule has 12 nitrogen and oxygen atoms in total. The van der Waals surface area contributed by atoms with Crippen molar-refractivity contribution in [3.05, 3.63) is 131 Å². The van der Waals surface area contributed by atoms with E-state index in [1.54, 1.807) is 91.0 Å². The van der Waals surface area contributed by atoms with E-state index in [0.717, 1.165) is 0 Å². The molecular weight excluding hydrogens is 578 g/mol. The number of carbonyl (C=O) groups is 3. The zero-order valence-electron chi connectivity index (χ0n) is 24.2. The molecule has 0 aliphatic rings. The molecule has 0 saturated carbocycles. The molecule has 0 radical (unpaired) electrons. The van der Waals surface area contributed by atoms with Crippen molar-refractivity contribution in [2.75, 3.05) is 13.2 Å². The molecule has 234 valence electrons. The van der Waals surface area contributed by atoms with E-state index >= 15 is 0 Å². The topological polar surface area (TPSA) is 194 Å². The maximum Gasteiger partial charge on any atom is 0.251 e. The number of rotatable bonds is 14. The average Bonchev–Trinajstić information content (AvgIpc) is 3.09. The van der Waals surface area contributed by atoms with Crippen molar-refractivity contribution in [3.63, 3.8) is 0 Å². The number of aliphatic hydroxyl groups is 4. The molecule has 45 heavy (non-hydrogen) atoms. The Bertz CT molecular complexity index is 1530. The van der Waals surface area contributed by atoms with Crippen LogP contribution in [0.3, 0.4) is 0 Å². The summed E-state index contributed by atoms with van der Waals surface area (Å²) in [6, 6.07) is 22.7. The van der Waals surface area contributed by atoms with Gasteiger partial charge in [0, 0.05) is 35.9 Å². The SMILES string of the molecule is O=C(NC[C@H](O)[C@@H](NC(=O)c1ccccc1)C(O)c1cnc(C[C@H](O)[C@@H](CO)NC(=O)c2ccccc2)cn1)c1ccccc1. The highest BCUT2D eigenvalue weighted by Gasteiger charge is 2.32. The van der Waals surface area contributed by atoms with Crippen LogP contribution in [0.25, 0.3) is 0 Å². The van der Waals surface area contributed by atoms with E-state index in [0.29, 0.717) is 22.4 Å². The van der Waals surface area contributed by atoms with Crippen LogP contribution in [0.5, 0.6) is 0 Å². The molecule has 1 unspecified atom stereocenters. The lowest BCUT2D eigenvalue weighted by Crippen LogP contribution is -2.51. The minimum absolute atomic E-state index is 0.0103. The van der Waals surface area contributed by atoms with Gasteiger partial charge in [-0.05, 0) is 36.4 Å². The standard InChI is InChI=1S/C33H35N5O7/c39-20-26(37-32(44)22-12-6-2-7-13-22)27(40)16-24-17-35-25(18-34-24)30(42)29(38-33(45)23-14-8-3-9-15-23)28(41)19-36-31(43)21-10-4-1-5-11-21/h1-15,17-18,26-30,39-42H,16,19-20H2,(H,36,43)(H,37,44)(H,38,45)/t26-,27+,28+,29-,30?/m1/s1. The third kappa shape index (κ3) is 9.24. The summed E-state index contributed by atoms with van der Waals surface area (Å²) in [5.41, 5.74) is 1.35. The summed E-state index contributed by atoms with van der Waals surface area (Å²) < 4.78 is 0. The van der Waals surface area contributed by atoms with Gasteiger partial charge in [0.15, 0.2) is 0 Å². The van der Waals surface area contributed by atoms with Crippen LogP contribution in [0, 0.1) is 0 Å². The molecule has 4 rings (SSSR count). The second-order valence-electron chi connectivity index (χ2n) is 10.3. The van der Waals surface area contributed by atoms with Crippen LogP contribution in [0.2, 0.25) is 0 Å². The van der Waals surface area contributed by atoms with Gasteiger partial charge in [0.25, 0.3) is 17.7 Å². The van der Waals surface area contributed by atoms with Crippen LogP contribution in [0.1, 0.15) is 48.6 Å². The van der Waals surface area contributed by atoms with Gasteiger partial charge in [0.2, 0.25) is 0 Å². The van der Waals surface area contributed by atoms with Crippen molar-refractivity contribution in [2.24, 2.45) is 0 Å². The molecule has 0 bridgehead atoms. The van der Waals surface area contributed by atoms with Crippen molar-refractivity contribution in [1.29, 1.82) is 0 Å². The molecule has 12 heteroatoms. The molecule has 1 heterocycles. The fourth-order valence-electron chi connectivity index (χ4n) is 4.49. The van der Waals surface area contributed by atoms with E-state index < -0.39 is 54.7 Å². The molecule has 5 atom stereocenters. The first-order valence-electron chi connectivity index (χ1n) is 14.3. The highest BCUT2D eigenvalue weighted by Crippen LogP contribution is 2.18. The molecule has 0 aliphatic carbocycles. The first-order chi connectivity index (χ1) is 21.8. The number of aliphatic hydroxyl groups excluding tert-OH is 4. The second-order valence-corrected chi connectivity index (χ2v) is 10.3. The summed E-state index contributed by atoms with van der Waals surface area (Å²) >= 11 is 0. The molecule has 1 aromatic heterocycles. The molecule has 7 N–H and O–H groups in total. The largest absolute Gasteiger partial charge is 0.394 e. The Hall–Kier alpha value is -5.01. The first kappa shape index (κ1) is 32.9. The first-order valence-corrected chi connectivity index (χ1v) is 14.3. The maximum atomic E-state index is 13.0. The summed E-state index contributed by atoms with van der Waals surface area (Å²) in [7, 11) is 0. The lowest BCUT2D eigenvalue weighted by Gasteiger charge is -2.28. The maximum absolute atomic E-state index is 13.0. The molecule has 0 fully saturated rings. The minimum atomic E-state index is -1.54. The van der Waals surface area contributed by atoms with Crippen LogP contribution >= 0.6 is 0 Å². The highest BCUT2D eigenvalue weighted by molar-refractivity contribution is 5.95. The van der Waals surface area contributed by atoms with Crippen LogP contribution in [0.4, 0.5) is 0 Å². The van der Waals surface area contributed by atoms with Crippen LogP contribution in [-0.2, 0) is 6.42 Å². The summed E-state index contributed by atoms with van der Waals surface area (Å²) in [4.78, 5) is 46.4. The summed E-state index contributed by atoms with van der Waals surface area (Å²) in [5, 5.41) is 50.5. The van der Waals surface area contributed by atoms with E-state index in [9.17, 15) is 34.8 Å². The van der Waals surface area contributed by atoms with Gasteiger partial charge in [-0.25, -0.2) is 0 Å². The number of benzene rings is 3. The fraction of sp³-hybridized carbons (Fsp3) is 0.242. The Morgan fingerprint density at radius 1 is 0.644 bits per heavy atom. The molecular formula is C33H35N5O7. The number of amides is 3. The number of aromatic nitrogens is 2. The third-order valence-corrected chi connectivity index (χ3v) is 7.06. The molecule has 0 aliphatic heterocycles. The zero-order chi connectivity index (χ0) is 32.2. The van der Waals surface area contributed by atoms with Crippen LogP contribution < -0.4 is 16.0 Å². The second kappa shape index (κ2) is 16.2. The Morgan fingerprint density at radius 3 is 1.64 bits per heavy atom. The van der Waals surface area contributed by atoms with E-state index in [-0.39, 0.29) is 18.7 Å². The average molecular weight is 614 g/mol. The van der Waals surface area contributed by atoms with Crippen molar-refractivity contribution < 1.29 is 34.8 Å². The number of nitrogens with zero attached hydrogens (tertiary/aromatic N) is 2. The monoisotopic (exact) mass is 613 g/mol. The van der Waals surface area contributed by atoms with Gasteiger partial charge in [-0.2, -0.15) is 0 Å². The Balaban J connectivity index is 1.44. The van der Waals surface area contributed by atoms with Crippen LogP contribution in [0.15, 0.2) is 103 Å². The number of hydrogen-bond donors (Lipinski definition) is 7. The normalized spacial score (nSPS) is 14.3. The van der Waals surface area contributed by atoms with Gasteiger partial charge < -0.3 is 36.4 Å². The van der Waals surface area contributed by atoms with Crippen molar-refractivity contribution in [3.8, 4) is 0 Å². The van der Waals surface area contributed by atoms with Gasteiger partial charge >= 0.3 is 0 Å². The smallest absolute Gasteiger partial charge is 0.251 e. The number of carbonyl (C=O) groups excluding carboxylic acids is 3. The predicted octanol–water partition coefficient (Wildman–Crippen LogP) is 0.794. The van der Waals surface area contributed by atoms with Crippen LogP contribution in [-0.4, -0.2) is 85.6 Å². The van der Waals surface area contributed by atoms with Gasteiger partial charge in [0.1, 0.15) is 6.10 Å². The predicted molar refractivity (Wildman–Crippen MR) is 164 cm³/mol. The fourth-order valence-corrected chi connectivity index (χ4v) is 4.49. The number of nitrogens with one attached hydrogen (secondary N) is 3. The van der Waals surface area contributed by atoms with Gasteiger partial charge in [0.05, 0.1) is 48.5 Å². The van der Waals surface area contributed by atoms with Crippen molar-refractivity contribution in [2.45, 2.75) is 36.8 Å². The van der Waals surface area contributed by atoms with Crippen molar-refractivity contribution >= 4 is 17.7 Å². The lowest BCUT2D eigenvalue weighted by atomic mass is 10.0. The third-order valence-electron chi connectivity index (χ3n) is 7.06. The Morgan fingerprint density at radius 2 is 1.16 bits per heavy atom. The quantitative estimate of drug-likeness (QED) is 0.108. The molecule has 3 amide bonds. The summed E-state index contributed by atoms with van der Waals surface area (Å²) in [5.74, 6) is -1.46. The zero-order valence-corrected chi connectivity index (χ0v) is 24.2. The lowest BCUT2D eigenvalue weighted by molar-refractivity contribution is 0.0316.